The maximum absolute atomic E-state index is 3.76. The lowest BCUT2D eigenvalue weighted by atomic mass is 10.2. The SMILES string of the molecule is C1CCN=NN=NCC1. The van der Waals surface area contributed by atoms with E-state index in [0.29, 0.717) is 0 Å². The van der Waals surface area contributed by atoms with Gasteiger partial charge in [0.15, 0.2) is 0 Å². The Labute approximate surface area is 54.1 Å². The quantitative estimate of drug-likeness (QED) is 0.476. The summed E-state index contributed by atoms with van der Waals surface area (Å²) < 4.78 is 0. The molecule has 1 aliphatic heterocycles. The second-order valence-corrected chi connectivity index (χ2v) is 1.97. The predicted octanol–water partition coefficient (Wildman–Crippen LogP) is 1.99. The number of hydrogen-bond acceptors (Lipinski definition) is 4. The summed E-state index contributed by atoms with van der Waals surface area (Å²) >= 11 is 0. The van der Waals surface area contributed by atoms with Gasteiger partial charge < -0.3 is 0 Å². The van der Waals surface area contributed by atoms with E-state index in [2.05, 4.69) is 20.7 Å². The third-order valence-corrected chi connectivity index (χ3v) is 1.18. The highest BCUT2D eigenvalue weighted by molar-refractivity contribution is 4.47. The van der Waals surface area contributed by atoms with Crippen molar-refractivity contribution < 1.29 is 0 Å². The molecule has 1 aliphatic rings. The van der Waals surface area contributed by atoms with Gasteiger partial charge in [0.25, 0.3) is 0 Å². The molecule has 0 spiro atoms. The Balaban J connectivity index is 2.28. The van der Waals surface area contributed by atoms with Gasteiger partial charge in [0.05, 0.1) is 13.1 Å². The Hall–Kier alpha value is -0.800. The van der Waals surface area contributed by atoms with Gasteiger partial charge >= 0.3 is 0 Å². The van der Waals surface area contributed by atoms with Crippen molar-refractivity contribution in [2.75, 3.05) is 13.1 Å². The average molecular weight is 126 g/mol. The zero-order chi connectivity index (χ0) is 6.36. The predicted molar refractivity (Wildman–Crippen MR) is 33.3 cm³/mol. The number of nitrogens with zero attached hydrogens (tertiary/aromatic N) is 4. The van der Waals surface area contributed by atoms with Gasteiger partial charge in [0, 0.05) is 0 Å². The zero-order valence-corrected chi connectivity index (χ0v) is 5.32. The first kappa shape index (κ1) is 6.32. The fourth-order valence-corrected chi connectivity index (χ4v) is 0.688. The summed E-state index contributed by atoms with van der Waals surface area (Å²) in [5, 5.41) is 14.5. The van der Waals surface area contributed by atoms with Crippen molar-refractivity contribution in [2.24, 2.45) is 20.7 Å². The van der Waals surface area contributed by atoms with Crippen LogP contribution in [0, 0.1) is 0 Å². The van der Waals surface area contributed by atoms with E-state index in [1.165, 1.54) is 6.42 Å². The highest BCUT2D eigenvalue weighted by Gasteiger charge is 1.88. The molecule has 9 heavy (non-hydrogen) atoms. The molecule has 4 nitrogen and oxygen atoms in total. The van der Waals surface area contributed by atoms with Crippen LogP contribution in [0.5, 0.6) is 0 Å². The molecule has 0 aliphatic carbocycles. The molecule has 1 heterocycles. The standard InChI is InChI=1S/C5H10N4/c1-2-4-6-8-9-7-5-3-1/h1-5H2. The zero-order valence-electron chi connectivity index (χ0n) is 5.32. The summed E-state index contributed by atoms with van der Waals surface area (Å²) in [5.41, 5.74) is 0. The lowest BCUT2D eigenvalue weighted by Gasteiger charge is -1.89. The first-order chi connectivity index (χ1) is 4.50. The van der Waals surface area contributed by atoms with Crippen molar-refractivity contribution in [3.8, 4) is 0 Å². The van der Waals surface area contributed by atoms with Crippen molar-refractivity contribution in [3.05, 3.63) is 0 Å². The molecule has 0 atom stereocenters. The molecule has 0 amide bonds. The maximum atomic E-state index is 3.76. The lowest BCUT2D eigenvalue weighted by molar-refractivity contribution is 0.693. The Morgan fingerprint density at radius 3 is 1.78 bits per heavy atom. The van der Waals surface area contributed by atoms with Gasteiger partial charge in [-0.05, 0) is 29.7 Å². The minimum Gasteiger partial charge on any atom is -0.167 e. The van der Waals surface area contributed by atoms with Gasteiger partial charge in [-0.2, -0.15) is 10.2 Å². The fourth-order valence-electron chi connectivity index (χ4n) is 0.688. The number of rotatable bonds is 0. The third kappa shape index (κ3) is 2.90. The van der Waals surface area contributed by atoms with Gasteiger partial charge in [0.2, 0.25) is 0 Å². The number of hydrogen-bond donors (Lipinski definition) is 0. The average Bonchev–Trinajstić information content (AvgIpc) is 2.00. The van der Waals surface area contributed by atoms with Crippen LogP contribution in [0.3, 0.4) is 0 Å². The molecule has 0 saturated carbocycles. The van der Waals surface area contributed by atoms with Gasteiger partial charge in [-0.3, -0.25) is 0 Å². The monoisotopic (exact) mass is 126 g/mol. The summed E-state index contributed by atoms with van der Waals surface area (Å²) in [6.07, 6.45) is 3.43. The highest BCUT2D eigenvalue weighted by Crippen LogP contribution is 1.99. The van der Waals surface area contributed by atoms with E-state index < -0.39 is 0 Å². The van der Waals surface area contributed by atoms with Crippen molar-refractivity contribution >= 4 is 0 Å². The van der Waals surface area contributed by atoms with Gasteiger partial charge in [-0.15, -0.1) is 0 Å². The minimum absolute atomic E-state index is 0.805. The molecule has 0 radical (unpaired) electrons. The van der Waals surface area contributed by atoms with E-state index >= 15 is 0 Å². The molecule has 0 aromatic carbocycles. The molecule has 0 bridgehead atoms. The molecule has 0 aromatic rings. The molecule has 4 heteroatoms. The van der Waals surface area contributed by atoms with Crippen LogP contribution >= 0.6 is 0 Å². The Morgan fingerprint density at radius 1 is 0.667 bits per heavy atom. The molecule has 0 aromatic heterocycles. The summed E-state index contributed by atoms with van der Waals surface area (Å²) in [7, 11) is 0. The highest BCUT2D eigenvalue weighted by atomic mass is 15.5. The smallest absolute Gasteiger partial charge is 0.0621 e. The van der Waals surface area contributed by atoms with E-state index in [0.717, 1.165) is 25.9 Å². The van der Waals surface area contributed by atoms with E-state index in [1.54, 1.807) is 0 Å². The maximum Gasteiger partial charge on any atom is 0.0621 e. The molecule has 0 saturated heterocycles. The van der Waals surface area contributed by atoms with Crippen LogP contribution in [-0.2, 0) is 0 Å². The first-order valence-electron chi connectivity index (χ1n) is 3.23. The molecular formula is C5H10N4. The molecule has 50 valence electrons. The molecule has 0 unspecified atom stereocenters. The first-order valence-corrected chi connectivity index (χ1v) is 3.23. The van der Waals surface area contributed by atoms with E-state index in [4.69, 9.17) is 0 Å². The van der Waals surface area contributed by atoms with Crippen molar-refractivity contribution in [1.29, 1.82) is 0 Å². The van der Waals surface area contributed by atoms with Crippen LogP contribution < -0.4 is 0 Å². The molecular weight excluding hydrogens is 116 g/mol. The fraction of sp³-hybridized carbons (Fsp3) is 1.00. The van der Waals surface area contributed by atoms with Crippen molar-refractivity contribution in [2.45, 2.75) is 19.3 Å². The topological polar surface area (TPSA) is 49.4 Å². The molecule has 1 rings (SSSR count). The summed E-state index contributed by atoms with van der Waals surface area (Å²) in [6.45, 7) is 1.61. The van der Waals surface area contributed by atoms with Crippen LogP contribution in [-0.4, -0.2) is 13.1 Å². The summed E-state index contributed by atoms with van der Waals surface area (Å²) in [6, 6.07) is 0. The Morgan fingerprint density at radius 2 is 1.22 bits per heavy atom. The largest absolute Gasteiger partial charge is 0.167 e. The van der Waals surface area contributed by atoms with Crippen LogP contribution in [0.2, 0.25) is 0 Å². The minimum atomic E-state index is 0.805. The van der Waals surface area contributed by atoms with E-state index in [1.807, 2.05) is 0 Å². The van der Waals surface area contributed by atoms with E-state index in [-0.39, 0.29) is 0 Å². The second-order valence-electron chi connectivity index (χ2n) is 1.97. The van der Waals surface area contributed by atoms with Crippen LogP contribution in [0.15, 0.2) is 20.7 Å². The van der Waals surface area contributed by atoms with Crippen LogP contribution in [0.25, 0.3) is 0 Å². The van der Waals surface area contributed by atoms with Crippen LogP contribution in [0.4, 0.5) is 0 Å². The van der Waals surface area contributed by atoms with Crippen LogP contribution in [0.1, 0.15) is 19.3 Å². The third-order valence-electron chi connectivity index (χ3n) is 1.18. The normalized spacial score (nSPS) is 20.4. The van der Waals surface area contributed by atoms with Gasteiger partial charge in [-0.1, -0.05) is 0 Å². The van der Waals surface area contributed by atoms with Gasteiger partial charge in [-0.25, -0.2) is 0 Å². The van der Waals surface area contributed by atoms with Crippen molar-refractivity contribution in [3.63, 3.8) is 0 Å². The molecule has 0 N–H and O–H groups in total. The second kappa shape index (κ2) is 4.12. The summed E-state index contributed by atoms with van der Waals surface area (Å²) in [4.78, 5) is 0. The lowest BCUT2D eigenvalue weighted by Crippen LogP contribution is -1.81. The molecule has 0 fully saturated rings. The van der Waals surface area contributed by atoms with Gasteiger partial charge in [0.1, 0.15) is 0 Å². The summed E-state index contributed by atoms with van der Waals surface area (Å²) in [5.74, 6) is 0. The Bertz CT molecular complexity index is 104. The Kier molecular flexibility index (Phi) is 2.89. The van der Waals surface area contributed by atoms with Crippen molar-refractivity contribution in [1.82, 2.24) is 0 Å². The van der Waals surface area contributed by atoms with E-state index in [9.17, 15) is 0 Å².